The van der Waals surface area contributed by atoms with Crippen LogP contribution in [0.25, 0.3) is 0 Å². The average molecular weight is 268 g/mol. The lowest BCUT2D eigenvalue weighted by molar-refractivity contribution is -0.136. The summed E-state index contributed by atoms with van der Waals surface area (Å²) in [5.74, 6) is -0.626. The molecule has 8 heteroatoms. The summed E-state index contributed by atoms with van der Waals surface area (Å²) >= 11 is 5.47. The van der Waals surface area contributed by atoms with Gasteiger partial charge in [-0.3, -0.25) is 4.79 Å². The number of aromatic nitrogens is 2. The largest absolute Gasteiger partial charge is 0.390 e. The summed E-state index contributed by atoms with van der Waals surface area (Å²) in [5, 5.41) is 7.04. The number of hydrogen-bond donors (Lipinski definition) is 0. The Morgan fingerprint density at radius 1 is 1.41 bits per heavy atom. The predicted octanol–water partition coefficient (Wildman–Crippen LogP) is 2.15. The molecule has 1 amide bonds. The third kappa shape index (κ3) is 4.56. The molecule has 1 rings (SSSR count). The van der Waals surface area contributed by atoms with Crippen molar-refractivity contribution in [1.29, 1.82) is 0 Å². The van der Waals surface area contributed by atoms with Gasteiger partial charge in [0.2, 0.25) is 0 Å². The Hall–Kier alpha value is -1.37. The molecule has 0 fully saturated rings. The van der Waals surface area contributed by atoms with Crippen LogP contribution in [-0.4, -0.2) is 40.8 Å². The second-order valence-corrected chi connectivity index (χ2v) is 3.72. The summed E-state index contributed by atoms with van der Waals surface area (Å²) in [6, 6.07) is 2.65. The highest BCUT2D eigenvalue weighted by Crippen LogP contribution is 2.19. The van der Waals surface area contributed by atoms with Gasteiger partial charge in [0.15, 0.2) is 10.8 Å². The zero-order valence-electron chi connectivity index (χ0n) is 8.83. The second-order valence-electron chi connectivity index (χ2n) is 3.33. The average Bonchev–Trinajstić information content (AvgIpc) is 2.25. The van der Waals surface area contributed by atoms with Crippen LogP contribution >= 0.6 is 11.6 Å². The quantitative estimate of drug-likeness (QED) is 0.843. The number of amides is 1. The van der Waals surface area contributed by atoms with Gasteiger partial charge in [0, 0.05) is 13.6 Å². The van der Waals surface area contributed by atoms with E-state index >= 15 is 0 Å². The first-order valence-corrected chi connectivity index (χ1v) is 4.99. The number of rotatable bonds is 3. The van der Waals surface area contributed by atoms with E-state index in [0.29, 0.717) is 0 Å². The highest BCUT2D eigenvalue weighted by atomic mass is 35.5. The van der Waals surface area contributed by atoms with Gasteiger partial charge in [0.25, 0.3) is 5.91 Å². The Morgan fingerprint density at radius 2 is 2.06 bits per heavy atom. The SMILES string of the molecule is CN(CCC(F)(F)F)C(=O)c1ccc(Cl)nn1. The fourth-order valence-electron chi connectivity index (χ4n) is 1.02. The van der Waals surface area contributed by atoms with Gasteiger partial charge in [-0.25, -0.2) is 0 Å². The number of carbonyl (C=O) groups is 1. The molecule has 0 saturated carbocycles. The molecule has 0 aliphatic rings. The lowest BCUT2D eigenvalue weighted by atomic mass is 10.3. The monoisotopic (exact) mass is 267 g/mol. The van der Waals surface area contributed by atoms with Crippen LogP contribution in [0, 0.1) is 0 Å². The maximum absolute atomic E-state index is 12.0. The molecule has 0 radical (unpaired) electrons. The summed E-state index contributed by atoms with van der Waals surface area (Å²) in [5.41, 5.74) is -0.0425. The molecule has 1 heterocycles. The van der Waals surface area contributed by atoms with Gasteiger partial charge >= 0.3 is 6.18 Å². The molecule has 0 aliphatic heterocycles. The van der Waals surface area contributed by atoms with Crippen molar-refractivity contribution < 1.29 is 18.0 Å². The topological polar surface area (TPSA) is 46.1 Å². The third-order valence-corrected chi connectivity index (χ3v) is 2.13. The van der Waals surface area contributed by atoms with Crippen molar-refractivity contribution in [1.82, 2.24) is 15.1 Å². The van der Waals surface area contributed by atoms with Crippen molar-refractivity contribution in [3.8, 4) is 0 Å². The lowest BCUT2D eigenvalue weighted by Crippen LogP contribution is -2.31. The minimum atomic E-state index is -4.29. The molecule has 0 atom stereocenters. The van der Waals surface area contributed by atoms with E-state index < -0.39 is 25.0 Å². The Kier molecular flexibility index (Phi) is 4.28. The number of halogens is 4. The van der Waals surface area contributed by atoms with Crippen molar-refractivity contribution >= 4 is 17.5 Å². The molecule has 17 heavy (non-hydrogen) atoms. The van der Waals surface area contributed by atoms with Crippen LogP contribution in [0.4, 0.5) is 13.2 Å². The smallest absolute Gasteiger partial charge is 0.340 e. The predicted molar refractivity (Wildman–Crippen MR) is 54.7 cm³/mol. The number of nitrogens with zero attached hydrogens (tertiary/aromatic N) is 3. The van der Waals surface area contributed by atoms with Crippen LogP contribution in [0.3, 0.4) is 0 Å². The summed E-state index contributed by atoms with van der Waals surface area (Å²) < 4.78 is 35.9. The highest BCUT2D eigenvalue weighted by molar-refractivity contribution is 6.29. The van der Waals surface area contributed by atoms with Crippen LogP contribution in [0.15, 0.2) is 12.1 Å². The molecule has 0 saturated heterocycles. The summed E-state index contributed by atoms with van der Waals surface area (Å²) in [6.07, 6.45) is -5.35. The zero-order chi connectivity index (χ0) is 13.1. The van der Waals surface area contributed by atoms with E-state index in [0.717, 1.165) is 4.90 Å². The van der Waals surface area contributed by atoms with Crippen molar-refractivity contribution in [2.24, 2.45) is 0 Å². The molecule has 0 bridgehead atoms. The molecule has 0 spiro atoms. The first kappa shape index (κ1) is 13.7. The van der Waals surface area contributed by atoms with E-state index in [9.17, 15) is 18.0 Å². The minimum Gasteiger partial charge on any atom is -0.340 e. The van der Waals surface area contributed by atoms with Crippen molar-refractivity contribution in [3.05, 3.63) is 23.0 Å². The van der Waals surface area contributed by atoms with Gasteiger partial charge in [-0.15, -0.1) is 10.2 Å². The van der Waals surface area contributed by atoms with Crippen LogP contribution < -0.4 is 0 Å². The maximum atomic E-state index is 12.0. The summed E-state index contributed by atoms with van der Waals surface area (Å²) in [6.45, 7) is -0.424. The second kappa shape index (κ2) is 5.31. The van der Waals surface area contributed by atoms with E-state index in [1.807, 2.05) is 0 Å². The van der Waals surface area contributed by atoms with Crippen LogP contribution in [0.1, 0.15) is 16.9 Å². The highest BCUT2D eigenvalue weighted by Gasteiger charge is 2.28. The van der Waals surface area contributed by atoms with Gasteiger partial charge in [0.05, 0.1) is 6.42 Å². The lowest BCUT2D eigenvalue weighted by Gasteiger charge is -2.17. The van der Waals surface area contributed by atoms with E-state index in [1.54, 1.807) is 0 Å². The molecule has 0 aliphatic carbocycles. The van der Waals surface area contributed by atoms with Crippen molar-refractivity contribution in [2.75, 3.05) is 13.6 Å². The van der Waals surface area contributed by atoms with Crippen LogP contribution in [0.2, 0.25) is 5.15 Å². The number of hydrogen-bond acceptors (Lipinski definition) is 3. The van der Waals surface area contributed by atoms with Gasteiger partial charge in [-0.05, 0) is 12.1 Å². The van der Waals surface area contributed by atoms with Crippen molar-refractivity contribution in [3.63, 3.8) is 0 Å². The molecule has 0 aromatic carbocycles. The third-order valence-electron chi connectivity index (χ3n) is 1.93. The minimum absolute atomic E-state index is 0.0425. The molecule has 0 N–H and O–H groups in total. The normalized spacial score (nSPS) is 11.4. The number of alkyl halides is 3. The zero-order valence-corrected chi connectivity index (χ0v) is 9.59. The molecular formula is C9H9ClF3N3O. The van der Waals surface area contributed by atoms with Gasteiger partial charge < -0.3 is 4.90 Å². The van der Waals surface area contributed by atoms with E-state index in [4.69, 9.17) is 11.6 Å². The molecule has 4 nitrogen and oxygen atoms in total. The fraction of sp³-hybridized carbons (Fsp3) is 0.444. The molecular weight excluding hydrogens is 259 g/mol. The van der Waals surface area contributed by atoms with E-state index in [1.165, 1.54) is 19.2 Å². The molecule has 94 valence electrons. The van der Waals surface area contributed by atoms with Gasteiger partial charge in [-0.2, -0.15) is 13.2 Å². The summed E-state index contributed by atoms with van der Waals surface area (Å²) in [4.78, 5) is 12.5. The molecule has 1 aromatic heterocycles. The van der Waals surface area contributed by atoms with E-state index in [-0.39, 0.29) is 10.8 Å². The Labute approximate surface area is 100 Å². The molecule has 1 aromatic rings. The number of carbonyl (C=O) groups excluding carboxylic acids is 1. The van der Waals surface area contributed by atoms with Gasteiger partial charge in [0.1, 0.15) is 0 Å². The van der Waals surface area contributed by atoms with Gasteiger partial charge in [-0.1, -0.05) is 11.6 Å². The first-order valence-electron chi connectivity index (χ1n) is 4.61. The van der Waals surface area contributed by atoms with Crippen LogP contribution in [0.5, 0.6) is 0 Å². The molecule has 0 unspecified atom stereocenters. The fourth-order valence-corrected chi connectivity index (χ4v) is 1.12. The van der Waals surface area contributed by atoms with E-state index in [2.05, 4.69) is 10.2 Å². The summed E-state index contributed by atoms with van der Waals surface area (Å²) in [7, 11) is 1.27. The first-order chi connectivity index (χ1) is 7.79. The Morgan fingerprint density at radius 3 is 2.53 bits per heavy atom. The Bertz CT molecular complexity index is 393. The standard InChI is InChI=1S/C9H9ClF3N3O/c1-16(5-4-9(11,12)13)8(17)6-2-3-7(10)15-14-6/h2-3H,4-5H2,1H3. The maximum Gasteiger partial charge on any atom is 0.390 e. The Balaban J connectivity index is 2.61. The van der Waals surface area contributed by atoms with Crippen LogP contribution in [-0.2, 0) is 0 Å². The van der Waals surface area contributed by atoms with Crippen molar-refractivity contribution in [2.45, 2.75) is 12.6 Å².